The van der Waals surface area contributed by atoms with Crippen molar-refractivity contribution < 1.29 is 4.79 Å². The smallest absolute Gasteiger partial charge is 0.219 e. The monoisotopic (exact) mass is 247 g/mol. The molecule has 1 aromatic rings. The van der Waals surface area contributed by atoms with Gasteiger partial charge in [0.15, 0.2) is 0 Å². The van der Waals surface area contributed by atoms with E-state index < -0.39 is 0 Å². The second-order valence-electron chi connectivity index (χ2n) is 4.86. The van der Waals surface area contributed by atoms with Crippen molar-refractivity contribution in [1.82, 2.24) is 4.90 Å². The number of amides is 1. The van der Waals surface area contributed by atoms with Crippen LogP contribution in [0.3, 0.4) is 0 Å². The molecule has 1 aromatic carbocycles. The standard InChI is InChI=1S/C14H21N3O/c1-11-5-3-6-13(15)14(11)17-8-4-7-16(9-10-17)12(2)18/h3,5-6H,4,7-10,15H2,1-2H3. The summed E-state index contributed by atoms with van der Waals surface area (Å²) in [5.74, 6) is 0.162. The first-order valence-electron chi connectivity index (χ1n) is 6.45. The van der Waals surface area contributed by atoms with Crippen LogP contribution in [-0.2, 0) is 4.79 Å². The first-order chi connectivity index (χ1) is 8.59. The van der Waals surface area contributed by atoms with Gasteiger partial charge in [0.1, 0.15) is 0 Å². The lowest BCUT2D eigenvalue weighted by molar-refractivity contribution is -0.128. The number of para-hydroxylation sites is 1. The highest BCUT2D eigenvalue weighted by Gasteiger charge is 2.19. The van der Waals surface area contributed by atoms with E-state index >= 15 is 0 Å². The van der Waals surface area contributed by atoms with Crippen molar-refractivity contribution in [1.29, 1.82) is 0 Å². The molecule has 0 aliphatic carbocycles. The topological polar surface area (TPSA) is 49.6 Å². The Hall–Kier alpha value is -1.71. The van der Waals surface area contributed by atoms with Crippen molar-refractivity contribution in [2.24, 2.45) is 0 Å². The molecule has 4 heteroatoms. The predicted octanol–water partition coefficient (Wildman–Crippen LogP) is 1.64. The average Bonchev–Trinajstić information content (AvgIpc) is 2.54. The Balaban J connectivity index is 2.17. The summed E-state index contributed by atoms with van der Waals surface area (Å²) in [5, 5.41) is 0. The van der Waals surface area contributed by atoms with Gasteiger partial charge in [0, 0.05) is 33.1 Å². The Morgan fingerprint density at radius 1 is 1.22 bits per heavy atom. The zero-order valence-electron chi connectivity index (χ0n) is 11.1. The minimum atomic E-state index is 0.162. The molecule has 4 nitrogen and oxygen atoms in total. The zero-order valence-corrected chi connectivity index (χ0v) is 11.1. The number of nitrogen functional groups attached to an aromatic ring is 1. The third-order valence-corrected chi connectivity index (χ3v) is 3.53. The van der Waals surface area contributed by atoms with Gasteiger partial charge < -0.3 is 15.5 Å². The molecule has 1 aliphatic rings. The summed E-state index contributed by atoms with van der Waals surface area (Å²) in [6, 6.07) is 6.00. The van der Waals surface area contributed by atoms with Crippen molar-refractivity contribution in [2.45, 2.75) is 20.3 Å². The summed E-state index contributed by atoms with van der Waals surface area (Å²) in [6.07, 6.45) is 0.993. The highest BCUT2D eigenvalue weighted by molar-refractivity contribution is 5.74. The van der Waals surface area contributed by atoms with Gasteiger partial charge in [-0.25, -0.2) is 0 Å². The Labute approximate surface area is 108 Å². The lowest BCUT2D eigenvalue weighted by atomic mass is 10.1. The second-order valence-corrected chi connectivity index (χ2v) is 4.86. The molecular formula is C14H21N3O. The van der Waals surface area contributed by atoms with E-state index in [1.54, 1.807) is 6.92 Å². The van der Waals surface area contributed by atoms with Gasteiger partial charge in [0.2, 0.25) is 5.91 Å². The van der Waals surface area contributed by atoms with Crippen LogP contribution in [0.5, 0.6) is 0 Å². The van der Waals surface area contributed by atoms with Gasteiger partial charge in [-0.3, -0.25) is 4.79 Å². The van der Waals surface area contributed by atoms with Crippen LogP contribution >= 0.6 is 0 Å². The van der Waals surface area contributed by atoms with E-state index in [1.807, 2.05) is 17.0 Å². The fraction of sp³-hybridized carbons (Fsp3) is 0.500. The van der Waals surface area contributed by atoms with Crippen LogP contribution in [0.4, 0.5) is 11.4 Å². The molecule has 1 fully saturated rings. The Bertz CT molecular complexity index is 424. The summed E-state index contributed by atoms with van der Waals surface area (Å²) in [5.41, 5.74) is 9.23. The first-order valence-corrected chi connectivity index (χ1v) is 6.45. The first kappa shape index (κ1) is 12.7. The van der Waals surface area contributed by atoms with Gasteiger partial charge in [-0.05, 0) is 25.0 Å². The molecule has 0 atom stereocenters. The van der Waals surface area contributed by atoms with E-state index in [0.717, 1.165) is 44.0 Å². The Morgan fingerprint density at radius 3 is 2.67 bits per heavy atom. The molecule has 0 unspecified atom stereocenters. The molecule has 98 valence electrons. The van der Waals surface area contributed by atoms with Gasteiger partial charge in [0.25, 0.3) is 0 Å². The van der Waals surface area contributed by atoms with E-state index in [1.165, 1.54) is 5.56 Å². The van der Waals surface area contributed by atoms with Crippen LogP contribution in [-0.4, -0.2) is 37.0 Å². The second kappa shape index (κ2) is 5.29. The number of carbonyl (C=O) groups excluding carboxylic acids is 1. The third kappa shape index (κ3) is 2.58. The molecule has 1 aliphatic heterocycles. The molecular weight excluding hydrogens is 226 g/mol. The van der Waals surface area contributed by atoms with Crippen molar-refractivity contribution in [3.63, 3.8) is 0 Å². The van der Waals surface area contributed by atoms with Gasteiger partial charge in [0.05, 0.1) is 11.4 Å². The summed E-state index contributed by atoms with van der Waals surface area (Å²) >= 11 is 0. The van der Waals surface area contributed by atoms with Crippen molar-refractivity contribution in [2.75, 3.05) is 36.8 Å². The number of aryl methyl sites for hydroxylation is 1. The van der Waals surface area contributed by atoms with Crippen molar-refractivity contribution >= 4 is 17.3 Å². The minimum Gasteiger partial charge on any atom is -0.397 e. The molecule has 18 heavy (non-hydrogen) atoms. The molecule has 0 aromatic heterocycles. The fourth-order valence-electron chi connectivity index (χ4n) is 2.57. The van der Waals surface area contributed by atoms with Gasteiger partial charge >= 0.3 is 0 Å². The number of rotatable bonds is 1. The van der Waals surface area contributed by atoms with E-state index in [-0.39, 0.29) is 5.91 Å². The van der Waals surface area contributed by atoms with Gasteiger partial charge in [-0.2, -0.15) is 0 Å². The number of nitrogens with two attached hydrogens (primary N) is 1. The summed E-state index contributed by atoms with van der Waals surface area (Å²) in [7, 11) is 0. The number of nitrogens with zero attached hydrogens (tertiary/aromatic N) is 2. The number of carbonyl (C=O) groups is 1. The van der Waals surface area contributed by atoms with Gasteiger partial charge in [-0.1, -0.05) is 12.1 Å². The molecule has 1 amide bonds. The number of anilines is 2. The van der Waals surface area contributed by atoms with Crippen LogP contribution in [0.2, 0.25) is 0 Å². The highest BCUT2D eigenvalue weighted by Crippen LogP contribution is 2.28. The average molecular weight is 247 g/mol. The number of hydrogen-bond donors (Lipinski definition) is 1. The molecule has 2 N–H and O–H groups in total. The Morgan fingerprint density at radius 2 is 2.00 bits per heavy atom. The predicted molar refractivity (Wildman–Crippen MR) is 74.7 cm³/mol. The van der Waals surface area contributed by atoms with Gasteiger partial charge in [-0.15, -0.1) is 0 Å². The minimum absolute atomic E-state index is 0.162. The van der Waals surface area contributed by atoms with Crippen molar-refractivity contribution in [3.8, 4) is 0 Å². The lowest BCUT2D eigenvalue weighted by Crippen LogP contribution is -2.34. The molecule has 0 spiro atoms. The van der Waals surface area contributed by atoms with Crippen LogP contribution in [0.25, 0.3) is 0 Å². The van der Waals surface area contributed by atoms with Crippen LogP contribution in [0.15, 0.2) is 18.2 Å². The Kier molecular flexibility index (Phi) is 3.75. The highest BCUT2D eigenvalue weighted by atomic mass is 16.2. The maximum atomic E-state index is 11.4. The quantitative estimate of drug-likeness (QED) is 0.767. The molecule has 0 radical (unpaired) electrons. The molecule has 0 bridgehead atoms. The molecule has 1 saturated heterocycles. The lowest BCUT2D eigenvalue weighted by Gasteiger charge is -2.26. The van der Waals surface area contributed by atoms with E-state index in [0.29, 0.717) is 0 Å². The van der Waals surface area contributed by atoms with E-state index in [2.05, 4.69) is 17.9 Å². The number of benzene rings is 1. The van der Waals surface area contributed by atoms with Crippen molar-refractivity contribution in [3.05, 3.63) is 23.8 Å². The van der Waals surface area contributed by atoms with Crippen LogP contribution in [0, 0.1) is 6.92 Å². The fourth-order valence-corrected chi connectivity index (χ4v) is 2.57. The maximum absolute atomic E-state index is 11.4. The summed E-state index contributed by atoms with van der Waals surface area (Å²) in [6.45, 7) is 7.16. The van der Waals surface area contributed by atoms with Crippen LogP contribution in [0.1, 0.15) is 18.9 Å². The summed E-state index contributed by atoms with van der Waals surface area (Å²) < 4.78 is 0. The molecule has 2 rings (SSSR count). The third-order valence-electron chi connectivity index (χ3n) is 3.53. The van der Waals surface area contributed by atoms with Crippen LogP contribution < -0.4 is 10.6 Å². The maximum Gasteiger partial charge on any atom is 0.219 e. The normalized spacial score (nSPS) is 16.6. The largest absolute Gasteiger partial charge is 0.397 e. The molecule has 1 heterocycles. The zero-order chi connectivity index (χ0) is 13.1. The SMILES string of the molecule is CC(=O)N1CCCN(c2c(C)cccc2N)CC1. The van der Waals surface area contributed by atoms with E-state index in [9.17, 15) is 4.79 Å². The number of hydrogen-bond acceptors (Lipinski definition) is 3. The molecule has 0 saturated carbocycles. The van der Waals surface area contributed by atoms with E-state index in [4.69, 9.17) is 5.73 Å². The summed E-state index contributed by atoms with van der Waals surface area (Å²) in [4.78, 5) is 15.6.